The Balaban J connectivity index is 1.97. The number of nitrogens with zero attached hydrogens (tertiary/aromatic N) is 1. The zero-order valence-electron chi connectivity index (χ0n) is 12.1. The molecule has 0 bridgehead atoms. The van der Waals surface area contributed by atoms with E-state index in [1.165, 1.54) is 0 Å². The fraction of sp³-hybridized carbons (Fsp3) is 0.111. The van der Waals surface area contributed by atoms with E-state index in [-0.39, 0.29) is 6.61 Å². The summed E-state index contributed by atoms with van der Waals surface area (Å²) >= 11 is 0. The van der Waals surface area contributed by atoms with Crippen LogP contribution in [0.5, 0.6) is 5.75 Å². The molecule has 0 atom stereocenters. The topological polar surface area (TPSA) is 59.4 Å². The van der Waals surface area contributed by atoms with E-state index in [1.54, 1.807) is 25.3 Å². The van der Waals surface area contributed by atoms with Gasteiger partial charge in [0.2, 0.25) is 0 Å². The molecule has 0 radical (unpaired) electrons. The molecular weight excluding hydrogens is 278 g/mol. The molecule has 4 heteroatoms. The number of rotatable bonds is 3. The minimum atomic E-state index is -0.434. The average Bonchev–Trinajstić information content (AvgIpc) is 2.56. The van der Waals surface area contributed by atoms with Crippen molar-refractivity contribution in [2.45, 2.75) is 13.5 Å². The number of ether oxygens (including phenoxy) is 1. The first-order valence-corrected chi connectivity index (χ1v) is 6.95. The molecule has 2 aromatic carbocycles. The van der Waals surface area contributed by atoms with Crippen LogP contribution in [-0.4, -0.2) is 16.1 Å². The van der Waals surface area contributed by atoms with Gasteiger partial charge in [0.05, 0.1) is 17.9 Å². The van der Waals surface area contributed by atoms with Crippen LogP contribution in [0.4, 0.5) is 0 Å². The summed E-state index contributed by atoms with van der Waals surface area (Å²) in [6.45, 7) is 1.61. The van der Waals surface area contributed by atoms with Gasteiger partial charge in [0.1, 0.15) is 0 Å². The molecule has 0 amide bonds. The molecule has 110 valence electrons. The van der Waals surface area contributed by atoms with Gasteiger partial charge in [0.25, 0.3) is 0 Å². The second-order valence-electron chi connectivity index (χ2n) is 5.00. The number of esters is 1. The van der Waals surface area contributed by atoms with Gasteiger partial charge < -0.3 is 9.84 Å². The van der Waals surface area contributed by atoms with Crippen molar-refractivity contribution >= 4 is 16.7 Å². The standard InChI is InChI=1S/C18H15NO3/c1-12-17(9-13(11-20)10-19-12)22-18(21)16-8-4-6-14-5-2-3-7-15(14)16/h2-10,20H,11H2,1H3. The van der Waals surface area contributed by atoms with Crippen molar-refractivity contribution in [3.63, 3.8) is 0 Å². The molecule has 0 aliphatic carbocycles. The van der Waals surface area contributed by atoms with Crippen molar-refractivity contribution < 1.29 is 14.6 Å². The molecule has 0 fully saturated rings. The predicted octanol–water partition coefficient (Wildman–Crippen LogP) is 3.25. The summed E-state index contributed by atoms with van der Waals surface area (Å²) in [4.78, 5) is 16.6. The Morgan fingerprint density at radius 3 is 2.77 bits per heavy atom. The summed E-state index contributed by atoms with van der Waals surface area (Å²) in [5.41, 5.74) is 1.71. The maximum atomic E-state index is 12.5. The van der Waals surface area contributed by atoms with E-state index in [1.807, 2.05) is 36.4 Å². The Morgan fingerprint density at radius 1 is 1.18 bits per heavy atom. The van der Waals surface area contributed by atoms with Crippen molar-refractivity contribution in [2.75, 3.05) is 0 Å². The molecule has 3 aromatic rings. The third-order valence-corrected chi connectivity index (χ3v) is 3.49. The second-order valence-corrected chi connectivity index (χ2v) is 5.00. The molecule has 0 saturated heterocycles. The van der Waals surface area contributed by atoms with Crippen LogP contribution in [0.25, 0.3) is 10.8 Å². The Labute approximate surface area is 128 Å². The van der Waals surface area contributed by atoms with Crippen molar-refractivity contribution in [1.29, 1.82) is 0 Å². The van der Waals surface area contributed by atoms with Gasteiger partial charge in [-0.2, -0.15) is 0 Å². The third kappa shape index (κ3) is 2.69. The van der Waals surface area contributed by atoms with Gasteiger partial charge in [-0.05, 0) is 35.4 Å². The van der Waals surface area contributed by atoms with Crippen molar-refractivity contribution in [3.8, 4) is 5.75 Å². The predicted molar refractivity (Wildman–Crippen MR) is 83.8 cm³/mol. The quantitative estimate of drug-likeness (QED) is 0.753. The van der Waals surface area contributed by atoms with E-state index >= 15 is 0 Å². The number of carbonyl (C=O) groups is 1. The lowest BCUT2D eigenvalue weighted by molar-refractivity contribution is 0.0734. The van der Waals surface area contributed by atoms with Gasteiger partial charge in [-0.3, -0.25) is 4.98 Å². The van der Waals surface area contributed by atoms with Gasteiger partial charge in [-0.15, -0.1) is 0 Å². The molecule has 1 N–H and O–H groups in total. The number of aromatic nitrogens is 1. The molecule has 1 aromatic heterocycles. The Bertz CT molecular complexity index is 837. The first-order chi connectivity index (χ1) is 10.7. The van der Waals surface area contributed by atoms with Gasteiger partial charge in [0, 0.05) is 6.20 Å². The second kappa shape index (κ2) is 5.95. The lowest BCUT2D eigenvalue weighted by Gasteiger charge is -2.09. The van der Waals surface area contributed by atoms with E-state index in [4.69, 9.17) is 9.84 Å². The Kier molecular flexibility index (Phi) is 3.85. The molecule has 1 heterocycles. The number of carbonyl (C=O) groups excluding carboxylic acids is 1. The molecule has 0 saturated carbocycles. The highest BCUT2D eigenvalue weighted by Crippen LogP contribution is 2.22. The number of aliphatic hydroxyl groups is 1. The van der Waals surface area contributed by atoms with E-state index in [0.717, 1.165) is 10.8 Å². The van der Waals surface area contributed by atoms with Crippen LogP contribution in [0, 0.1) is 6.92 Å². The third-order valence-electron chi connectivity index (χ3n) is 3.49. The summed E-state index contributed by atoms with van der Waals surface area (Å²) in [5.74, 6) is -0.0683. The number of hydrogen-bond donors (Lipinski definition) is 1. The summed E-state index contributed by atoms with van der Waals surface area (Å²) in [6, 6.07) is 14.8. The highest BCUT2D eigenvalue weighted by molar-refractivity contribution is 6.05. The number of benzene rings is 2. The normalized spacial score (nSPS) is 10.6. The number of aryl methyl sites for hydroxylation is 1. The molecule has 4 nitrogen and oxygen atoms in total. The van der Waals surface area contributed by atoms with Crippen LogP contribution in [0.2, 0.25) is 0 Å². The number of hydrogen-bond acceptors (Lipinski definition) is 4. The lowest BCUT2D eigenvalue weighted by Crippen LogP contribution is -2.10. The Morgan fingerprint density at radius 2 is 1.95 bits per heavy atom. The van der Waals surface area contributed by atoms with Crippen LogP contribution < -0.4 is 4.74 Å². The smallest absolute Gasteiger partial charge is 0.344 e. The van der Waals surface area contributed by atoms with Gasteiger partial charge in [-0.1, -0.05) is 36.4 Å². The first kappa shape index (κ1) is 14.2. The van der Waals surface area contributed by atoms with Gasteiger partial charge in [0.15, 0.2) is 5.75 Å². The van der Waals surface area contributed by atoms with Gasteiger partial charge >= 0.3 is 5.97 Å². The van der Waals surface area contributed by atoms with E-state index in [0.29, 0.717) is 22.6 Å². The molecule has 0 aliphatic heterocycles. The fourth-order valence-electron chi connectivity index (χ4n) is 2.30. The largest absolute Gasteiger partial charge is 0.421 e. The van der Waals surface area contributed by atoms with Crippen molar-refractivity contribution in [1.82, 2.24) is 4.98 Å². The molecular formula is C18H15NO3. The number of pyridine rings is 1. The first-order valence-electron chi connectivity index (χ1n) is 6.95. The molecule has 22 heavy (non-hydrogen) atoms. The Hall–Kier alpha value is -2.72. The summed E-state index contributed by atoms with van der Waals surface area (Å²) < 4.78 is 5.47. The average molecular weight is 293 g/mol. The summed E-state index contributed by atoms with van der Waals surface area (Å²) in [5, 5.41) is 11.0. The van der Waals surface area contributed by atoms with E-state index in [2.05, 4.69) is 4.98 Å². The van der Waals surface area contributed by atoms with Gasteiger partial charge in [-0.25, -0.2) is 4.79 Å². The van der Waals surface area contributed by atoms with Crippen LogP contribution in [0.1, 0.15) is 21.6 Å². The van der Waals surface area contributed by atoms with E-state index < -0.39 is 5.97 Å². The van der Waals surface area contributed by atoms with Crippen LogP contribution >= 0.6 is 0 Å². The number of fused-ring (bicyclic) bond motifs is 1. The summed E-state index contributed by atoms with van der Waals surface area (Å²) in [7, 11) is 0. The molecule has 3 rings (SSSR count). The monoisotopic (exact) mass is 293 g/mol. The highest BCUT2D eigenvalue weighted by Gasteiger charge is 2.14. The van der Waals surface area contributed by atoms with Crippen LogP contribution in [-0.2, 0) is 6.61 Å². The lowest BCUT2D eigenvalue weighted by atomic mass is 10.0. The minimum absolute atomic E-state index is 0.147. The minimum Gasteiger partial charge on any atom is -0.421 e. The highest BCUT2D eigenvalue weighted by atomic mass is 16.5. The van der Waals surface area contributed by atoms with Crippen LogP contribution in [0.3, 0.4) is 0 Å². The maximum absolute atomic E-state index is 12.5. The zero-order chi connectivity index (χ0) is 15.5. The molecule has 0 spiro atoms. The molecule has 0 aliphatic rings. The zero-order valence-corrected chi connectivity index (χ0v) is 12.1. The maximum Gasteiger partial charge on any atom is 0.344 e. The fourth-order valence-corrected chi connectivity index (χ4v) is 2.30. The van der Waals surface area contributed by atoms with E-state index in [9.17, 15) is 4.79 Å². The summed E-state index contributed by atoms with van der Waals surface area (Å²) in [6.07, 6.45) is 1.56. The van der Waals surface area contributed by atoms with Crippen LogP contribution in [0.15, 0.2) is 54.7 Å². The van der Waals surface area contributed by atoms with Crippen molar-refractivity contribution in [2.24, 2.45) is 0 Å². The van der Waals surface area contributed by atoms with Crippen molar-refractivity contribution in [3.05, 3.63) is 71.5 Å². The SMILES string of the molecule is Cc1ncc(CO)cc1OC(=O)c1cccc2ccccc12. The number of aliphatic hydroxyl groups excluding tert-OH is 1. The molecule has 0 unspecified atom stereocenters.